The van der Waals surface area contributed by atoms with Gasteiger partial charge in [0.2, 0.25) is 16.0 Å². The van der Waals surface area contributed by atoms with Crippen molar-refractivity contribution in [3.05, 3.63) is 38.7 Å². The second-order valence-corrected chi connectivity index (χ2v) is 10.8. The van der Waals surface area contributed by atoms with Gasteiger partial charge in [-0.2, -0.15) is 0 Å². The lowest BCUT2D eigenvalue weighted by atomic mass is 10.1. The first kappa shape index (κ1) is 18.3. The monoisotopic (exact) mass is 432 g/mol. The Morgan fingerprint density at radius 1 is 1.27 bits per heavy atom. The number of sulfonamides is 1. The summed E-state index contributed by atoms with van der Waals surface area (Å²) in [5.41, 5.74) is 2.17. The van der Waals surface area contributed by atoms with Crippen LogP contribution in [0.2, 0.25) is 5.02 Å². The fraction of sp³-hybridized carbons (Fsp3) is 0.438. The van der Waals surface area contributed by atoms with Crippen LogP contribution in [-0.4, -0.2) is 48.8 Å². The number of rotatable bonds is 2. The molecule has 0 bridgehead atoms. The summed E-state index contributed by atoms with van der Waals surface area (Å²) in [6.45, 7) is 0. The first-order chi connectivity index (χ1) is 12.3. The Hall–Kier alpha value is -1.09. The lowest BCUT2D eigenvalue weighted by molar-refractivity contribution is 0.518. The van der Waals surface area contributed by atoms with Crippen LogP contribution in [-0.2, 0) is 16.4 Å². The van der Waals surface area contributed by atoms with Crippen LogP contribution in [0.3, 0.4) is 0 Å². The number of fused-ring (bicyclic) bond motifs is 1. The molecule has 0 amide bonds. The van der Waals surface area contributed by atoms with E-state index in [0.29, 0.717) is 16.5 Å². The molecule has 3 N–H and O–H groups in total. The summed E-state index contributed by atoms with van der Waals surface area (Å²) in [5, 5.41) is 15.9. The minimum atomic E-state index is -3.50. The molecule has 3 aliphatic heterocycles. The Labute approximate surface area is 166 Å². The number of halogens is 2. The van der Waals surface area contributed by atoms with Gasteiger partial charge in [0, 0.05) is 28.3 Å². The van der Waals surface area contributed by atoms with Crippen molar-refractivity contribution in [2.24, 2.45) is 0 Å². The maximum atomic E-state index is 12.2. The van der Waals surface area contributed by atoms with E-state index in [2.05, 4.69) is 16.7 Å². The number of nitrogens with zero attached hydrogens (tertiary/aromatic N) is 1. The van der Waals surface area contributed by atoms with Crippen LogP contribution in [0.15, 0.2) is 28.1 Å². The number of anilines is 1. The highest BCUT2D eigenvalue weighted by Crippen LogP contribution is 2.47. The van der Waals surface area contributed by atoms with Crippen molar-refractivity contribution < 1.29 is 8.42 Å². The molecule has 2 unspecified atom stereocenters. The molecule has 1 aromatic rings. The maximum absolute atomic E-state index is 12.2. The van der Waals surface area contributed by atoms with Gasteiger partial charge < -0.3 is 10.6 Å². The summed E-state index contributed by atoms with van der Waals surface area (Å²) in [7, 11) is -2.12. The van der Waals surface area contributed by atoms with Crippen LogP contribution < -0.4 is 10.6 Å². The number of hydrogen-bond donors (Lipinski definition) is 3. The molecule has 10 heteroatoms. The molecule has 1 fully saturated rings. The zero-order chi connectivity index (χ0) is 18.6. The van der Waals surface area contributed by atoms with Crippen LogP contribution in [0.4, 0.5) is 5.69 Å². The maximum Gasteiger partial charge on any atom is 0.239 e. The first-order valence-corrected chi connectivity index (χ1v) is 11.4. The van der Waals surface area contributed by atoms with Gasteiger partial charge in [0.25, 0.3) is 0 Å². The van der Waals surface area contributed by atoms with Gasteiger partial charge in [-0.05, 0) is 24.5 Å². The van der Waals surface area contributed by atoms with Crippen molar-refractivity contribution >= 4 is 56.6 Å². The second-order valence-electron chi connectivity index (χ2n) is 6.65. The van der Waals surface area contributed by atoms with Gasteiger partial charge in [-0.15, -0.1) is 11.8 Å². The molecule has 0 saturated carbocycles. The number of thioether (sulfide) groups is 1. The summed E-state index contributed by atoms with van der Waals surface area (Å²) in [6.07, 6.45) is 1.53. The third kappa shape index (κ3) is 3.06. The molecule has 26 heavy (non-hydrogen) atoms. The molecular weight excluding hydrogens is 415 g/mol. The van der Waals surface area contributed by atoms with E-state index in [0.717, 1.165) is 21.3 Å². The lowest BCUT2D eigenvalue weighted by Gasteiger charge is -2.33. The van der Waals surface area contributed by atoms with Gasteiger partial charge in [0.05, 0.1) is 22.5 Å². The number of guanidine groups is 1. The SMILES string of the molecule is CN1C(=N)N[C@H](C2=C(Cl)CC(C3Cc4cccc(Cl)c4N3)S2)CS1(=O)=O. The highest BCUT2D eigenvalue weighted by atomic mass is 35.5. The number of hydrogen-bond acceptors (Lipinski definition) is 5. The molecule has 3 aliphatic rings. The van der Waals surface area contributed by atoms with Gasteiger partial charge in [-0.1, -0.05) is 35.3 Å². The average Bonchev–Trinajstić information content (AvgIpc) is 3.16. The molecule has 1 aromatic carbocycles. The van der Waals surface area contributed by atoms with Gasteiger partial charge >= 0.3 is 0 Å². The van der Waals surface area contributed by atoms with E-state index in [4.69, 9.17) is 28.6 Å². The van der Waals surface area contributed by atoms with Crippen LogP contribution >= 0.6 is 35.0 Å². The molecule has 3 atom stereocenters. The molecule has 3 heterocycles. The van der Waals surface area contributed by atoms with Gasteiger partial charge in [-0.3, -0.25) is 5.41 Å². The first-order valence-electron chi connectivity index (χ1n) is 8.17. The van der Waals surface area contributed by atoms with E-state index in [1.54, 1.807) is 11.8 Å². The van der Waals surface area contributed by atoms with Gasteiger partial charge in [-0.25, -0.2) is 12.7 Å². The molecule has 0 radical (unpaired) electrons. The van der Waals surface area contributed by atoms with Crippen LogP contribution in [0.1, 0.15) is 12.0 Å². The third-order valence-corrected chi connectivity index (χ3v) is 9.12. The van der Waals surface area contributed by atoms with E-state index < -0.39 is 16.1 Å². The number of allylic oxidation sites excluding steroid dienone is 1. The fourth-order valence-electron chi connectivity index (χ4n) is 3.54. The Kier molecular flexibility index (Phi) is 4.58. The fourth-order valence-corrected chi connectivity index (χ4v) is 7.07. The van der Waals surface area contributed by atoms with Crippen molar-refractivity contribution in [1.29, 1.82) is 5.41 Å². The highest BCUT2D eigenvalue weighted by Gasteiger charge is 2.41. The Morgan fingerprint density at radius 3 is 2.73 bits per heavy atom. The predicted molar refractivity (Wildman–Crippen MR) is 108 cm³/mol. The van der Waals surface area contributed by atoms with Crippen molar-refractivity contribution in [2.75, 3.05) is 18.1 Å². The van der Waals surface area contributed by atoms with E-state index in [-0.39, 0.29) is 23.0 Å². The number of benzene rings is 1. The third-order valence-electron chi connectivity index (χ3n) is 4.98. The zero-order valence-corrected chi connectivity index (χ0v) is 17.1. The summed E-state index contributed by atoms with van der Waals surface area (Å²) in [6, 6.07) is 5.59. The summed E-state index contributed by atoms with van der Waals surface area (Å²) in [5.74, 6) is -0.221. The molecular formula is C16H18Cl2N4O2S2. The zero-order valence-electron chi connectivity index (χ0n) is 13.9. The van der Waals surface area contributed by atoms with Crippen molar-refractivity contribution in [3.8, 4) is 0 Å². The normalized spacial score (nSPS) is 30.2. The quantitative estimate of drug-likeness (QED) is 0.668. The topological polar surface area (TPSA) is 85.3 Å². The second kappa shape index (κ2) is 6.51. The number of nitrogens with one attached hydrogen (secondary N) is 3. The van der Waals surface area contributed by atoms with E-state index in [1.165, 1.54) is 12.6 Å². The Bertz CT molecular complexity index is 919. The van der Waals surface area contributed by atoms with Crippen LogP contribution in [0.25, 0.3) is 0 Å². The Balaban J connectivity index is 1.49. The predicted octanol–water partition coefficient (Wildman–Crippen LogP) is 2.80. The molecule has 0 aromatic heterocycles. The largest absolute Gasteiger partial charge is 0.379 e. The van der Waals surface area contributed by atoms with Gasteiger partial charge in [0.15, 0.2) is 0 Å². The molecule has 0 aliphatic carbocycles. The van der Waals surface area contributed by atoms with Crippen molar-refractivity contribution in [1.82, 2.24) is 9.62 Å². The lowest BCUT2D eigenvalue weighted by Crippen LogP contribution is -2.56. The van der Waals surface area contributed by atoms with Crippen molar-refractivity contribution in [2.45, 2.75) is 30.2 Å². The summed E-state index contributed by atoms with van der Waals surface area (Å²) >= 11 is 14.4. The molecule has 4 rings (SSSR count). The molecule has 1 saturated heterocycles. The van der Waals surface area contributed by atoms with Crippen LogP contribution in [0, 0.1) is 5.41 Å². The standard InChI is InChI=1S/C16H18Cl2N4O2S2/c1-22-16(19)21-12(7-26(22,23)24)15-10(18)6-13(25-15)11-5-8-3-2-4-9(17)14(8)20-11/h2-4,11-13,20H,5-7H2,1H3,(H2,19,21)/t11?,12-,13?/m0/s1. The minimum Gasteiger partial charge on any atom is -0.379 e. The van der Waals surface area contributed by atoms with E-state index in [9.17, 15) is 8.42 Å². The molecule has 6 nitrogen and oxygen atoms in total. The number of para-hydroxylation sites is 1. The smallest absolute Gasteiger partial charge is 0.239 e. The van der Waals surface area contributed by atoms with E-state index in [1.807, 2.05) is 12.1 Å². The average molecular weight is 433 g/mol. The minimum absolute atomic E-state index is 0.0959. The van der Waals surface area contributed by atoms with Crippen molar-refractivity contribution in [3.63, 3.8) is 0 Å². The highest BCUT2D eigenvalue weighted by molar-refractivity contribution is 8.04. The summed E-state index contributed by atoms with van der Waals surface area (Å²) in [4.78, 5) is 0.821. The van der Waals surface area contributed by atoms with Crippen LogP contribution in [0.5, 0.6) is 0 Å². The Morgan fingerprint density at radius 2 is 2.04 bits per heavy atom. The molecule has 140 valence electrons. The van der Waals surface area contributed by atoms with Gasteiger partial charge in [0.1, 0.15) is 0 Å². The molecule has 0 spiro atoms. The van der Waals surface area contributed by atoms with E-state index >= 15 is 0 Å². The summed E-state index contributed by atoms with van der Waals surface area (Å²) < 4.78 is 25.4.